The Balaban J connectivity index is 2.17. The molecule has 0 aliphatic heterocycles. The second-order valence-electron chi connectivity index (χ2n) is 5.23. The van der Waals surface area contributed by atoms with Gasteiger partial charge in [0.05, 0.1) is 24.2 Å². The number of aliphatic hydroxyl groups is 1. The summed E-state index contributed by atoms with van der Waals surface area (Å²) in [5.41, 5.74) is 0.206. The zero-order valence-electron chi connectivity index (χ0n) is 11.4. The second kappa shape index (κ2) is 6.08. The molecule has 3 heteroatoms. The topological polar surface area (TPSA) is 53.2 Å². The highest BCUT2D eigenvalue weighted by molar-refractivity contribution is 5.30. The van der Waals surface area contributed by atoms with E-state index in [1.54, 1.807) is 0 Å². The molecule has 0 amide bonds. The number of nitrogens with zero attached hydrogens (tertiary/aromatic N) is 1. The van der Waals surface area contributed by atoms with Gasteiger partial charge in [-0.1, -0.05) is 31.4 Å². The summed E-state index contributed by atoms with van der Waals surface area (Å²) in [6, 6.07) is 9.82. The third kappa shape index (κ3) is 2.90. The molecule has 0 aromatic heterocycles. The van der Waals surface area contributed by atoms with Crippen LogP contribution < -0.4 is 4.74 Å². The summed E-state index contributed by atoms with van der Waals surface area (Å²) in [6.07, 6.45) is 4.10. The Morgan fingerprint density at radius 2 is 1.89 bits per heavy atom. The van der Waals surface area contributed by atoms with Gasteiger partial charge in [0.25, 0.3) is 0 Å². The third-order valence-corrected chi connectivity index (χ3v) is 4.00. The van der Waals surface area contributed by atoms with Gasteiger partial charge in [-0.2, -0.15) is 5.26 Å². The lowest BCUT2D eigenvalue weighted by atomic mass is 9.69. The first kappa shape index (κ1) is 13.9. The molecule has 1 aromatic rings. The van der Waals surface area contributed by atoms with Crippen LogP contribution >= 0.6 is 0 Å². The lowest BCUT2D eigenvalue weighted by Gasteiger charge is -2.35. The van der Waals surface area contributed by atoms with Crippen molar-refractivity contribution in [3.05, 3.63) is 29.8 Å². The van der Waals surface area contributed by atoms with Gasteiger partial charge < -0.3 is 9.84 Å². The van der Waals surface area contributed by atoms with Gasteiger partial charge in [-0.3, -0.25) is 0 Å². The quantitative estimate of drug-likeness (QED) is 0.899. The van der Waals surface area contributed by atoms with Gasteiger partial charge in [-0.25, -0.2) is 0 Å². The van der Waals surface area contributed by atoms with E-state index in [1.165, 1.54) is 6.42 Å². The van der Waals surface area contributed by atoms with Crippen molar-refractivity contribution in [2.24, 2.45) is 5.41 Å². The summed E-state index contributed by atoms with van der Waals surface area (Å²) < 4.78 is 5.39. The molecule has 0 heterocycles. The van der Waals surface area contributed by atoms with Gasteiger partial charge in [-0.15, -0.1) is 0 Å². The first-order valence-corrected chi connectivity index (χ1v) is 7.04. The van der Waals surface area contributed by atoms with E-state index < -0.39 is 11.5 Å². The molecule has 2 rings (SSSR count). The van der Waals surface area contributed by atoms with Crippen LogP contribution in [0, 0.1) is 16.7 Å². The van der Waals surface area contributed by atoms with Crippen molar-refractivity contribution in [1.82, 2.24) is 0 Å². The molecule has 1 saturated carbocycles. The molecule has 1 aliphatic rings. The second-order valence-corrected chi connectivity index (χ2v) is 5.23. The summed E-state index contributed by atoms with van der Waals surface area (Å²) >= 11 is 0. The number of nitriles is 1. The van der Waals surface area contributed by atoms with Crippen molar-refractivity contribution in [3.8, 4) is 11.8 Å². The Kier molecular flexibility index (Phi) is 4.44. The maximum atomic E-state index is 10.6. The van der Waals surface area contributed by atoms with E-state index in [4.69, 9.17) is 4.74 Å². The number of rotatable bonds is 4. The van der Waals surface area contributed by atoms with Crippen LogP contribution in [0.1, 0.15) is 50.7 Å². The third-order valence-electron chi connectivity index (χ3n) is 4.00. The Hall–Kier alpha value is -1.53. The fourth-order valence-electron chi connectivity index (χ4n) is 2.86. The van der Waals surface area contributed by atoms with Crippen LogP contribution in [-0.2, 0) is 0 Å². The Morgan fingerprint density at radius 3 is 2.42 bits per heavy atom. The van der Waals surface area contributed by atoms with Crippen LogP contribution in [0.3, 0.4) is 0 Å². The minimum Gasteiger partial charge on any atom is -0.494 e. The standard InChI is InChI=1S/C16H21NO2/c1-2-19-14-8-6-13(7-9-14)15(18)16(12-17)10-4-3-5-11-16/h6-9,15,18H,2-5,10-11H2,1H3. The molecule has 1 aliphatic carbocycles. The van der Waals surface area contributed by atoms with Crippen LogP contribution in [0.2, 0.25) is 0 Å². The number of hydrogen-bond donors (Lipinski definition) is 1. The molecule has 1 fully saturated rings. The first-order chi connectivity index (χ1) is 9.22. The van der Waals surface area contributed by atoms with Crippen molar-refractivity contribution in [2.45, 2.75) is 45.1 Å². The van der Waals surface area contributed by atoms with Crippen LogP contribution in [0.5, 0.6) is 5.75 Å². The first-order valence-electron chi connectivity index (χ1n) is 7.04. The number of benzene rings is 1. The fraction of sp³-hybridized carbons (Fsp3) is 0.562. The molecular weight excluding hydrogens is 238 g/mol. The molecule has 1 atom stereocenters. The molecule has 1 unspecified atom stereocenters. The monoisotopic (exact) mass is 259 g/mol. The van der Waals surface area contributed by atoms with E-state index in [-0.39, 0.29) is 0 Å². The van der Waals surface area contributed by atoms with Gasteiger partial charge in [0.15, 0.2) is 0 Å². The predicted octanol–water partition coefficient (Wildman–Crippen LogP) is 3.59. The summed E-state index contributed by atoms with van der Waals surface area (Å²) in [4.78, 5) is 0. The van der Waals surface area contributed by atoms with Crippen molar-refractivity contribution >= 4 is 0 Å². The molecule has 1 N–H and O–H groups in total. The van der Waals surface area contributed by atoms with E-state index in [1.807, 2.05) is 31.2 Å². The predicted molar refractivity (Wildman–Crippen MR) is 73.7 cm³/mol. The zero-order valence-corrected chi connectivity index (χ0v) is 11.4. The van der Waals surface area contributed by atoms with Gasteiger partial charge in [0.1, 0.15) is 5.75 Å². The van der Waals surface area contributed by atoms with Crippen LogP contribution in [0.25, 0.3) is 0 Å². The molecule has 0 spiro atoms. The summed E-state index contributed by atoms with van der Waals surface area (Å²) in [5.74, 6) is 0.799. The Morgan fingerprint density at radius 1 is 1.26 bits per heavy atom. The number of hydrogen-bond acceptors (Lipinski definition) is 3. The molecule has 1 aromatic carbocycles. The summed E-state index contributed by atoms with van der Waals surface area (Å²) in [5, 5.41) is 20.0. The number of ether oxygens (including phenoxy) is 1. The lowest BCUT2D eigenvalue weighted by Crippen LogP contribution is -2.30. The Labute approximate surface area is 114 Å². The minimum absolute atomic E-state index is 0.606. The van der Waals surface area contributed by atoms with Crippen LogP contribution in [0.4, 0.5) is 0 Å². The van der Waals surface area contributed by atoms with E-state index in [2.05, 4.69) is 6.07 Å². The van der Waals surface area contributed by atoms with Gasteiger partial charge in [0, 0.05) is 0 Å². The van der Waals surface area contributed by atoms with Crippen molar-refractivity contribution in [2.75, 3.05) is 6.61 Å². The van der Waals surface area contributed by atoms with Crippen LogP contribution in [0.15, 0.2) is 24.3 Å². The summed E-state index contributed by atoms with van der Waals surface area (Å²) in [6.45, 7) is 2.57. The van der Waals surface area contributed by atoms with E-state index >= 15 is 0 Å². The highest BCUT2D eigenvalue weighted by atomic mass is 16.5. The molecule has 3 nitrogen and oxygen atoms in total. The van der Waals surface area contributed by atoms with Crippen molar-refractivity contribution in [1.29, 1.82) is 5.26 Å². The van der Waals surface area contributed by atoms with E-state index in [9.17, 15) is 10.4 Å². The minimum atomic E-state index is -0.700. The normalized spacial score (nSPS) is 19.4. The molecular formula is C16H21NO2. The van der Waals surface area contributed by atoms with E-state index in [0.29, 0.717) is 6.61 Å². The van der Waals surface area contributed by atoms with Gasteiger partial charge in [0.2, 0.25) is 0 Å². The maximum Gasteiger partial charge on any atom is 0.119 e. The van der Waals surface area contributed by atoms with Crippen LogP contribution in [-0.4, -0.2) is 11.7 Å². The molecule has 19 heavy (non-hydrogen) atoms. The highest BCUT2D eigenvalue weighted by Crippen LogP contribution is 2.45. The molecule has 102 valence electrons. The molecule has 0 radical (unpaired) electrons. The van der Waals surface area contributed by atoms with E-state index in [0.717, 1.165) is 37.0 Å². The molecule has 0 bridgehead atoms. The van der Waals surface area contributed by atoms with Crippen molar-refractivity contribution < 1.29 is 9.84 Å². The summed E-state index contributed by atoms with van der Waals surface area (Å²) in [7, 11) is 0. The SMILES string of the molecule is CCOc1ccc(C(O)C2(C#N)CCCCC2)cc1. The maximum absolute atomic E-state index is 10.6. The average Bonchev–Trinajstić information content (AvgIpc) is 2.48. The number of aliphatic hydroxyl groups excluding tert-OH is 1. The van der Waals surface area contributed by atoms with Gasteiger partial charge >= 0.3 is 0 Å². The van der Waals surface area contributed by atoms with Crippen molar-refractivity contribution in [3.63, 3.8) is 0 Å². The largest absolute Gasteiger partial charge is 0.494 e. The smallest absolute Gasteiger partial charge is 0.119 e. The zero-order chi connectivity index (χ0) is 13.7. The Bertz CT molecular complexity index is 441. The average molecular weight is 259 g/mol. The highest BCUT2D eigenvalue weighted by Gasteiger charge is 2.40. The lowest BCUT2D eigenvalue weighted by molar-refractivity contribution is 0.0359. The molecule has 0 saturated heterocycles. The van der Waals surface area contributed by atoms with Gasteiger partial charge in [-0.05, 0) is 37.5 Å². The fourth-order valence-corrected chi connectivity index (χ4v) is 2.86.